The first-order valence-corrected chi connectivity index (χ1v) is 16.5. The number of urea groups is 1. The number of nitrogens with one attached hydrogen (secondary N) is 2. The second-order valence-electron chi connectivity index (χ2n) is 11.0. The zero-order chi connectivity index (χ0) is 32.4. The Balaban J connectivity index is 1.24. The number of carboxylic acid groups (broad SMARTS) is 1. The number of aliphatic carboxylic acids is 1. The van der Waals surface area contributed by atoms with Gasteiger partial charge in [-0.1, -0.05) is 37.6 Å². The van der Waals surface area contributed by atoms with E-state index in [4.69, 9.17) is 9.84 Å². The van der Waals surface area contributed by atoms with Crippen molar-refractivity contribution in [1.82, 2.24) is 14.9 Å². The first-order chi connectivity index (χ1) is 21.5. The minimum Gasteiger partial charge on any atom is -0.480 e. The minimum absolute atomic E-state index is 0.0512. The maximum Gasteiger partial charge on any atom is 0.322 e. The maximum atomic E-state index is 14.5. The Morgan fingerprint density at radius 2 is 1.60 bits per heavy atom. The van der Waals surface area contributed by atoms with E-state index in [1.165, 1.54) is 11.0 Å². The fourth-order valence-electron chi connectivity index (χ4n) is 4.99. The van der Waals surface area contributed by atoms with Crippen molar-refractivity contribution in [3.05, 3.63) is 89.5 Å². The van der Waals surface area contributed by atoms with Crippen LogP contribution in [0.3, 0.4) is 0 Å². The smallest absolute Gasteiger partial charge is 0.322 e. The van der Waals surface area contributed by atoms with Crippen LogP contribution in [0, 0.1) is 11.6 Å². The molecule has 1 fully saturated rings. The summed E-state index contributed by atoms with van der Waals surface area (Å²) in [4.78, 5) is 27.3. The number of carbonyl (C=O) groups excluding carboxylic acids is 1. The number of nitrogens with zero attached hydrogens (tertiary/aromatic N) is 2. The van der Waals surface area contributed by atoms with Crippen molar-refractivity contribution in [2.24, 2.45) is 0 Å². The molecule has 1 saturated heterocycles. The molecule has 2 amide bonds. The van der Waals surface area contributed by atoms with Crippen molar-refractivity contribution >= 4 is 27.7 Å². The highest BCUT2D eigenvalue weighted by Gasteiger charge is 2.25. The lowest BCUT2D eigenvalue weighted by atomic mass is 10.0. The van der Waals surface area contributed by atoms with Gasteiger partial charge in [0.25, 0.3) is 0 Å². The van der Waals surface area contributed by atoms with Gasteiger partial charge in [-0.2, -0.15) is 0 Å². The summed E-state index contributed by atoms with van der Waals surface area (Å²) >= 11 is 0. The number of anilines is 1. The third kappa shape index (κ3) is 10.5. The summed E-state index contributed by atoms with van der Waals surface area (Å²) in [5.74, 6) is -1.90. The van der Waals surface area contributed by atoms with E-state index in [0.717, 1.165) is 56.6 Å². The summed E-state index contributed by atoms with van der Waals surface area (Å²) in [7, 11) is -3.77. The largest absolute Gasteiger partial charge is 0.480 e. The van der Waals surface area contributed by atoms with Gasteiger partial charge in [-0.25, -0.2) is 26.7 Å². The van der Waals surface area contributed by atoms with Crippen LogP contribution in [0.1, 0.15) is 43.7 Å². The number of sulfonamides is 1. The number of carboxylic acids is 1. The summed E-state index contributed by atoms with van der Waals surface area (Å²) < 4.78 is 59.8. The monoisotopic (exact) mass is 644 g/mol. The molecule has 0 unspecified atom stereocenters. The molecule has 10 nitrogen and oxygen atoms in total. The molecular weight excluding hydrogens is 606 g/mol. The summed E-state index contributed by atoms with van der Waals surface area (Å²) in [6.45, 7) is 3.93. The van der Waals surface area contributed by atoms with Crippen LogP contribution < -0.4 is 19.7 Å². The van der Waals surface area contributed by atoms with Crippen LogP contribution >= 0.6 is 0 Å². The van der Waals surface area contributed by atoms with Crippen molar-refractivity contribution in [3.8, 4) is 11.5 Å². The van der Waals surface area contributed by atoms with Crippen molar-refractivity contribution < 1.29 is 36.6 Å². The van der Waals surface area contributed by atoms with Crippen LogP contribution in [0.2, 0.25) is 0 Å². The molecule has 0 aliphatic carbocycles. The highest BCUT2D eigenvalue weighted by atomic mass is 32.2. The number of halogens is 2. The molecule has 1 heterocycles. The van der Waals surface area contributed by atoms with Gasteiger partial charge in [0.1, 0.15) is 29.7 Å². The average molecular weight is 645 g/mol. The molecule has 0 spiro atoms. The molecule has 0 saturated carbocycles. The van der Waals surface area contributed by atoms with E-state index in [0.29, 0.717) is 30.0 Å². The van der Waals surface area contributed by atoms with Gasteiger partial charge in [0, 0.05) is 38.3 Å². The van der Waals surface area contributed by atoms with E-state index in [1.807, 2.05) is 35.9 Å². The number of ether oxygens (including phenoxy) is 1. The first-order valence-electron chi connectivity index (χ1n) is 14.8. The Morgan fingerprint density at radius 1 is 0.978 bits per heavy atom. The fraction of sp³-hybridized carbons (Fsp3) is 0.375. The standard InChI is InChI=1S/C32H38F2N4O6S/c1-2-3-16-38(30-13-8-25(33)19-29(30)34)32(41)36-26-14-17-37(18-15-26)21-23-4-9-27(10-5-23)44-28-11-6-24(7-12-28)22-45(42,43)35-20-31(39)40/h4-13,19,26,35H,2-3,14-18,20-22H2,1H3,(H,36,41)(H,39,40). The van der Waals surface area contributed by atoms with Crippen LogP contribution in [0.5, 0.6) is 11.5 Å². The molecule has 3 aromatic carbocycles. The molecule has 0 bridgehead atoms. The number of unbranched alkanes of at least 4 members (excludes halogenated alkanes) is 1. The number of benzene rings is 3. The highest BCUT2D eigenvalue weighted by molar-refractivity contribution is 7.88. The van der Waals surface area contributed by atoms with E-state index >= 15 is 0 Å². The number of piperidine rings is 1. The number of amides is 2. The molecule has 3 N–H and O–H groups in total. The summed E-state index contributed by atoms with van der Waals surface area (Å²) in [6, 6.07) is 17.0. The van der Waals surface area contributed by atoms with E-state index < -0.39 is 34.2 Å². The SMILES string of the molecule is CCCCN(C(=O)NC1CCN(Cc2ccc(Oc3ccc(CS(=O)(=O)NCC(=O)O)cc3)cc2)CC1)c1ccc(F)cc1F. The second-order valence-corrected chi connectivity index (χ2v) is 12.8. The Labute approximate surface area is 262 Å². The van der Waals surface area contributed by atoms with Crippen molar-refractivity contribution in [3.63, 3.8) is 0 Å². The van der Waals surface area contributed by atoms with Crippen molar-refractivity contribution in [2.45, 2.75) is 50.9 Å². The van der Waals surface area contributed by atoms with Gasteiger partial charge in [0.2, 0.25) is 10.0 Å². The van der Waals surface area contributed by atoms with Gasteiger partial charge in [-0.3, -0.25) is 14.6 Å². The zero-order valence-corrected chi connectivity index (χ0v) is 25.9. The topological polar surface area (TPSA) is 128 Å². The van der Waals surface area contributed by atoms with Gasteiger partial charge in [0.15, 0.2) is 0 Å². The van der Waals surface area contributed by atoms with E-state index in [9.17, 15) is 26.8 Å². The Morgan fingerprint density at radius 3 is 2.18 bits per heavy atom. The maximum absolute atomic E-state index is 14.5. The van der Waals surface area contributed by atoms with Crippen LogP contribution in [0.25, 0.3) is 0 Å². The molecular formula is C32H38F2N4O6S. The predicted molar refractivity (Wildman–Crippen MR) is 167 cm³/mol. The second kappa shape index (κ2) is 15.8. The van der Waals surface area contributed by atoms with Gasteiger partial charge >= 0.3 is 12.0 Å². The van der Waals surface area contributed by atoms with Crippen LogP contribution in [-0.4, -0.2) is 62.6 Å². The predicted octanol–water partition coefficient (Wildman–Crippen LogP) is 5.24. The van der Waals surface area contributed by atoms with Crippen LogP contribution in [-0.2, 0) is 27.1 Å². The average Bonchev–Trinajstić information content (AvgIpc) is 3.00. The van der Waals surface area contributed by atoms with Gasteiger partial charge < -0.3 is 15.2 Å². The molecule has 3 aromatic rings. The third-order valence-electron chi connectivity index (χ3n) is 7.38. The van der Waals surface area contributed by atoms with Crippen LogP contribution in [0.4, 0.5) is 19.3 Å². The number of carbonyl (C=O) groups is 2. The lowest BCUT2D eigenvalue weighted by Gasteiger charge is -2.34. The van der Waals surface area contributed by atoms with Crippen molar-refractivity contribution in [1.29, 1.82) is 0 Å². The van der Waals surface area contributed by atoms with Crippen molar-refractivity contribution in [2.75, 3.05) is 31.1 Å². The van der Waals surface area contributed by atoms with Crippen LogP contribution in [0.15, 0.2) is 66.7 Å². The van der Waals surface area contributed by atoms with Gasteiger partial charge in [-0.05, 0) is 66.8 Å². The molecule has 13 heteroatoms. The van der Waals surface area contributed by atoms with E-state index in [1.54, 1.807) is 24.3 Å². The first kappa shape index (κ1) is 33.8. The lowest BCUT2D eigenvalue weighted by molar-refractivity contribution is -0.135. The molecule has 1 aliphatic heterocycles. The zero-order valence-electron chi connectivity index (χ0n) is 25.0. The molecule has 1 aliphatic rings. The van der Waals surface area contributed by atoms with Gasteiger partial charge in [0.05, 0.1) is 11.4 Å². The van der Waals surface area contributed by atoms with E-state index in [-0.39, 0.29) is 23.5 Å². The van der Waals surface area contributed by atoms with Gasteiger partial charge in [-0.15, -0.1) is 0 Å². The minimum atomic E-state index is -3.77. The summed E-state index contributed by atoms with van der Waals surface area (Å²) in [5, 5.41) is 11.7. The molecule has 0 aromatic heterocycles. The Bertz CT molecular complexity index is 1550. The fourth-order valence-corrected chi connectivity index (χ4v) is 6.07. The molecule has 0 atom stereocenters. The molecule has 4 rings (SSSR count). The third-order valence-corrected chi connectivity index (χ3v) is 8.68. The van der Waals surface area contributed by atoms with E-state index in [2.05, 4.69) is 10.2 Å². The molecule has 242 valence electrons. The quantitative estimate of drug-likeness (QED) is 0.219. The number of hydrogen-bond donors (Lipinski definition) is 3. The lowest BCUT2D eigenvalue weighted by Crippen LogP contribution is -2.49. The molecule has 45 heavy (non-hydrogen) atoms. The summed E-state index contributed by atoms with van der Waals surface area (Å²) in [5.41, 5.74) is 1.66. The normalized spacial score (nSPS) is 14.2. The Kier molecular flexibility index (Phi) is 11.9. The molecule has 0 radical (unpaired) electrons. The number of likely N-dealkylation sites (tertiary alicyclic amines) is 1. The highest BCUT2D eigenvalue weighted by Crippen LogP contribution is 2.25. The number of hydrogen-bond acceptors (Lipinski definition) is 6. The number of rotatable bonds is 14. The summed E-state index contributed by atoms with van der Waals surface area (Å²) in [6.07, 6.45) is 3.01. The Hall–Kier alpha value is -4.07.